The van der Waals surface area contributed by atoms with E-state index in [0.29, 0.717) is 36.8 Å². The van der Waals surface area contributed by atoms with E-state index in [4.69, 9.17) is 9.47 Å². The Balaban J connectivity index is 2.39. The minimum atomic E-state index is -0.903. The zero-order valence-corrected chi connectivity index (χ0v) is 12.1. The highest BCUT2D eigenvalue weighted by Crippen LogP contribution is 2.39. The van der Waals surface area contributed by atoms with Crippen molar-refractivity contribution in [1.82, 2.24) is 4.98 Å². The highest BCUT2D eigenvalue weighted by Gasteiger charge is 2.39. The van der Waals surface area contributed by atoms with Gasteiger partial charge >= 0.3 is 5.97 Å². The van der Waals surface area contributed by atoms with Crippen LogP contribution in [0.15, 0.2) is 0 Å². The Kier molecular flexibility index (Phi) is 4.54. The maximum atomic E-state index is 11.2. The van der Waals surface area contributed by atoms with Crippen LogP contribution in [0.3, 0.4) is 0 Å². The average molecular weight is 285 g/mol. The number of nitrogens with zero attached hydrogens (tertiary/aromatic N) is 1. The Hall–Kier alpha value is -0.980. The molecule has 0 amide bonds. The van der Waals surface area contributed by atoms with Crippen LogP contribution in [0.1, 0.15) is 47.1 Å². The van der Waals surface area contributed by atoms with Crippen LogP contribution in [0.25, 0.3) is 0 Å². The number of aromatic nitrogens is 1. The molecule has 1 saturated heterocycles. The van der Waals surface area contributed by atoms with Gasteiger partial charge in [-0.25, -0.2) is 9.78 Å². The highest BCUT2D eigenvalue weighted by atomic mass is 32.1. The Bertz CT molecular complexity index is 446. The quantitative estimate of drug-likeness (QED) is 0.900. The van der Waals surface area contributed by atoms with Gasteiger partial charge in [0.25, 0.3) is 0 Å². The number of carboxylic acid groups (broad SMARTS) is 1. The molecule has 1 aromatic heterocycles. The van der Waals surface area contributed by atoms with E-state index in [2.05, 4.69) is 4.98 Å². The van der Waals surface area contributed by atoms with Crippen LogP contribution in [0.5, 0.6) is 0 Å². The average Bonchev–Trinajstić information content (AvgIpc) is 2.85. The number of aromatic carboxylic acids is 1. The lowest BCUT2D eigenvalue weighted by Crippen LogP contribution is -2.36. The predicted molar refractivity (Wildman–Crippen MR) is 71.8 cm³/mol. The van der Waals surface area contributed by atoms with Gasteiger partial charge in [0.15, 0.2) is 0 Å². The van der Waals surface area contributed by atoms with Crippen molar-refractivity contribution < 1.29 is 19.4 Å². The summed E-state index contributed by atoms with van der Waals surface area (Å²) in [5, 5.41) is 10.0. The van der Waals surface area contributed by atoms with Gasteiger partial charge in [0.2, 0.25) is 0 Å². The van der Waals surface area contributed by atoms with E-state index in [0.717, 1.165) is 17.8 Å². The molecule has 1 N–H and O–H groups in total. The minimum absolute atomic E-state index is 0.336. The highest BCUT2D eigenvalue weighted by molar-refractivity contribution is 7.13. The fourth-order valence-corrected chi connectivity index (χ4v) is 3.54. The maximum absolute atomic E-state index is 11.2. The molecule has 0 radical (unpaired) electrons. The maximum Gasteiger partial charge on any atom is 0.347 e. The summed E-state index contributed by atoms with van der Waals surface area (Å²) < 4.78 is 11.3. The summed E-state index contributed by atoms with van der Waals surface area (Å²) in [4.78, 5) is 16.1. The molecule has 0 aromatic carbocycles. The van der Waals surface area contributed by atoms with Gasteiger partial charge in [0, 0.05) is 32.7 Å². The molecule has 6 heteroatoms. The number of carboxylic acids is 1. The molecule has 0 spiro atoms. The number of hydrogen-bond acceptors (Lipinski definition) is 5. The topological polar surface area (TPSA) is 68.7 Å². The lowest BCUT2D eigenvalue weighted by molar-refractivity contribution is -0.112. The van der Waals surface area contributed by atoms with Crippen molar-refractivity contribution in [3.05, 3.63) is 15.6 Å². The summed E-state index contributed by atoms with van der Waals surface area (Å²) >= 11 is 1.25. The molecule has 0 saturated carbocycles. The molecule has 0 aliphatic carbocycles. The number of aryl methyl sites for hydroxylation is 1. The molecule has 2 heterocycles. The Labute approximate surface area is 116 Å². The Morgan fingerprint density at radius 1 is 1.47 bits per heavy atom. The molecule has 1 fully saturated rings. The second-order valence-corrected chi connectivity index (χ2v) is 5.49. The molecule has 1 aliphatic rings. The van der Waals surface area contributed by atoms with E-state index in [1.807, 2.05) is 13.8 Å². The van der Waals surface area contributed by atoms with Gasteiger partial charge in [0.05, 0.1) is 5.69 Å². The monoisotopic (exact) mass is 285 g/mol. The molecular weight excluding hydrogens is 266 g/mol. The van der Waals surface area contributed by atoms with Crippen molar-refractivity contribution >= 4 is 17.3 Å². The first-order valence-corrected chi connectivity index (χ1v) is 7.39. The van der Waals surface area contributed by atoms with Crippen molar-refractivity contribution in [2.75, 3.05) is 19.8 Å². The smallest absolute Gasteiger partial charge is 0.347 e. The summed E-state index contributed by atoms with van der Waals surface area (Å²) in [7, 11) is 0. The summed E-state index contributed by atoms with van der Waals surface area (Å²) in [5.74, 6) is -0.903. The lowest BCUT2D eigenvalue weighted by Gasteiger charge is -2.35. The van der Waals surface area contributed by atoms with E-state index >= 15 is 0 Å². The van der Waals surface area contributed by atoms with Crippen LogP contribution in [-0.2, 0) is 21.5 Å². The summed E-state index contributed by atoms with van der Waals surface area (Å²) in [6.07, 6.45) is 2.09. The van der Waals surface area contributed by atoms with Gasteiger partial charge in [-0.2, -0.15) is 0 Å². The van der Waals surface area contributed by atoms with Crippen molar-refractivity contribution in [3.63, 3.8) is 0 Å². The standard InChI is InChI=1S/C13H19NO4S/c1-3-9-10(11(15)16)19-12(14-9)13(18-4-2)5-7-17-8-6-13/h3-8H2,1-2H3,(H,15,16). The fourth-order valence-electron chi connectivity index (χ4n) is 2.35. The Morgan fingerprint density at radius 3 is 2.63 bits per heavy atom. The third-order valence-corrected chi connectivity index (χ3v) is 4.61. The molecule has 106 valence electrons. The van der Waals surface area contributed by atoms with Crippen LogP contribution < -0.4 is 0 Å². The first-order valence-electron chi connectivity index (χ1n) is 6.58. The summed E-state index contributed by atoms with van der Waals surface area (Å²) in [6.45, 7) is 5.71. The molecule has 1 aliphatic heterocycles. The SMILES string of the molecule is CCOC1(c2nc(CC)c(C(=O)O)s2)CCOCC1. The first-order chi connectivity index (χ1) is 9.13. The van der Waals surface area contributed by atoms with Gasteiger partial charge < -0.3 is 14.6 Å². The predicted octanol–water partition coefficient (Wildman–Crippen LogP) is 2.45. The van der Waals surface area contributed by atoms with E-state index in [-0.39, 0.29) is 0 Å². The largest absolute Gasteiger partial charge is 0.477 e. The molecule has 0 bridgehead atoms. The van der Waals surface area contributed by atoms with Crippen molar-refractivity contribution in [2.24, 2.45) is 0 Å². The number of thiazole rings is 1. The van der Waals surface area contributed by atoms with Crippen LogP contribution in [0.2, 0.25) is 0 Å². The van der Waals surface area contributed by atoms with E-state index in [1.54, 1.807) is 0 Å². The number of rotatable bonds is 5. The van der Waals surface area contributed by atoms with E-state index in [9.17, 15) is 9.90 Å². The van der Waals surface area contributed by atoms with Crippen molar-refractivity contribution in [3.8, 4) is 0 Å². The second-order valence-electron chi connectivity index (χ2n) is 4.49. The van der Waals surface area contributed by atoms with Gasteiger partial charge in [-0.15, -0.1) is 11.3 Å². The van der Waals surface area contributed by atoms with Gasteiger partial charge in [-0.1, -0.05) is 6.92 Å². The third-order valence-electron chi connectivity index (χ3n) is 3.34. The van der Waals surface area contributed by atoms with Crippen LogP contribution in [-0.4, -0.2) is 35.9 Å². The third kappa shape index (κ3) is 2.80. The van der Waals surface area contributed by atoms with E-state index in [1.165, 1.54) is 11.3 Å². The number of ether oxygens (including phenoxy) is 2. The number of hydrogen-bond donors (Lipinski definition) is 1. The van der Waals surface area contributed by atoms with Crippen molar-refractivity contribution in [1.29, 1.82) is 0 Å². The minimum Gasteiger partial charge on any atom is -0.477 e. The zero-order chi connectivity index (χ0) is 13.9. The van der Waals surface area contributed by atoms with Crippen LogP contribution in [0.4, 0.5) is 0 Å². The lowest BCUT2D eigenvalue weighted by atomic mass is 9.95. The fraction of sp³-hybridized carbons (Fsp3) is 0.692. The first kappa shape index (κ1) is 14.4. The summed E-state index contributed by atoms with van der Waals surface area (Å²) in [5.41, 5.74) is 0.188. The zero-order valence-electron chi connectivity index (χ0n) is 11.3. The second kappa shape index (κ2) is 5.98. The van der Waals surface area contributed by atoms with Crippen molar-refractivity contribution in [2.45, 2.75) is 38.7 Å². The normalized spacial score (nSPS) is 18.4. The van der Waals surface area contributed by atoms with E-state index < -0.39 is 11.6 Å². The van der Waals surface area contributed by atoms with Crippen LogP contribution in [0, 0.1) is 0 Å². The van der Waals surface area contributed by atoms with Crippen LogP contribution >= 0.6 is 11.3 Å². The molecule has 2 rings (SSSR count). The van der Waals surface area contributed by atoms with Gasteiger partial charge in [-0.3, -0.25) is 0 Å². The molecule has 1 aromatic rings. The Morgan fingerprint density at radius 2 is 2.16 bits per heavy atom. The van der Waals surface area contributed by atoms with Gasteiger partial charge in [-0.05, 0) is 13.3 Å². The van der Waals surface area contributed by atoms with Gasteiger partial charge in [0.1, 0.15) is 15.5 Å². The molecule has 0 unspecified atom stereocenters. The molecule has 5 nitrogen and oxygen atoms in total. The molecular formula is C13H19NO4S. The molecule has 0 atom stereocenters. The molecule has 19 heavy (non-hydrogen) atoms. The number of carbonyl (C=O) groups is 1. The summed E-state index contributed by atoms with van der Waals surface area (Å²) in [6, 6.07) is 0.